The van der Waals surface area contributed by atoms with E-state index in [0.29, 0.717) is 30.3 Å². The maximum absolute atomic E-state index is 12.3. The Morgan fingerprint density at radius 2 is 1.97 bits per heavy atom. The normalized spacial score (nSPS) is 18.6. The second-order valence-electron chi connectivity index (χ2n) is 7.29. The molecule has 0 bridgehead atoms. The van der Waals surface area contributed by atoms with E-state index < -0.39 is 0 Å². The van der Waals surface area contributed by atoms with Gasteiger partial charge in [-0.05, 0) is 44.5 Å². The average molecular weight is 415 g/mol. The third-order valence-electron chi connectivity index (χ3n) is 4.73. The fourth-order valence-electron chi connectivity index (χ4n) is 3.45. The molecule has 2 N–H and O–H groups in total. The summed E-state index contributed by atoms with van der Waals surface area (Å²) in [6.45, 7) is 8.57. The highest BCUT2D eigenvalue weighted by Crippen LogP contribution is 2.30. The number of carbonyl (C=O) groups is 1. The van der Waals surface area contributed by atoms with E-state index in [-0.39, 0.29) is 18.2 Å². The number of morpholine rings is 1. The zero-order valence-corrected chi connectivity index (χ0v) is 18.0. The topological polar surface area (TPSA) is 85.0 Å². The second-order valence-corrected chi connectivity index (χ2v) is 7.29. The number of nitrogens with zero attached hydrogens (tertiary/aromatic N) is 2. The molecule has 1 aromatic carbocycles. The minimum absolute atomic E-state index is 0.182. The standard InChI is InChI=1S/C22H30N4O4/c1-5-29-20-10-18(7-8-19(20)28-4)25-22(27)24-12-17-6-9-21(23-11-17)26-13-15(2)30-16(3)14-26/h6-11,15-16H,5,12-14H2,1-4H3,(H2,24,25,27). The van der Waals surface area contributed by atoms with Crippen molar-refractivity contribution in [2.45, 2.75) is 39.5 Å². The van der Waals surface area contributed by atoms with Gasteiger partial charge in [0.25, 0.3) is 0 Å². The Balaban J connectivity index is 1.53. The van der Waals surface area contributed by atoms with Gasteiger partial charge in [0.1, 0.15) is 5.82 Å². The Labute approximate surface area is 177 Å². The Hall–Kier alpha value is -3.00. The average Bonchev–Trinajstić information content (AvgIpc) is 2.72. The molecule has 1 aliphatic rings. The van der Waals surface area contributed by atoms with Gasteiger partial charge in [-0.3, -0.25) is 0 Å². The van der Waals surface area contributed by atoms with Crippen molar-refractivity contribution >= 4 is 17.5 Å². The number of aromatic nitrogens is 1. The maximum atomic E-state index is 12.3. The van der Waals surface area contributed by atoms with Crippen LogP contribution in [-0.4, -0.2) is 50.0 Å². The lowest BCUT2D eigenvalue weighted by Gasteiger charge is -2.36. The number of carbonyl (C=O) groups excluding carboxylic acids is 1. The highest BCUT2D eigenvalue weighted by Gasteiger charge is 2.23. The van der Waals surface area contributed by atoms with Crippen LogP contribution in [0.25, 0.3) is 0 Å². The van der Waals surface area contributed by atoms with Crippen molar-refractivity contribution in [2.24, 2.45) is 0 Å². The highest BCUT2D eigenvalue weighted by molar-refractivity contribution is 5.89. The van der Waals surface area contributed by atoms with Gasteiger partial charge in [-0.15, -0.1) is 0 Å². The van der Waals surface area contributed by atoms with Crippen molar-refractivity contribution in [2.75, 3.05) is 37.0 Å². The predicted molar refractivity (Wildman–Crippen MR) is 116 cm³/mol. The van der Waals surface area contributed by atoms with Gasteiger partial charge in [0.2, 0.25) is 0 Å². The van der Waals surface area contributed by atoms with E-state index in [0.717, 1.165) is 24.5 Å². The van der Waals surface area contributed by atoms with Gasteiger partial charge in [-0.2, -0.15) is 0 Å². The molecule has 1 aromatic heterocycles. The summed E-state index contributed by atoms with van der Waals surface area (Å²) in [4.78, 5) is 19.0. The maximum Gasteiger partial charge on any atom is 0.319 e. The van der Waals surface area contributed by atoms with E-state index in [1.165, 1.54) is 0 Å². The smallest absolute Gasteiger partial charge is 0.319 e. The van der Waals surface area contributed by atoms with Crippen molar-refractivity contribution in [3.63, 3.8) is 0 Å². The molecule has 3 rings (SSSR count). The Bertz CT molecular complexity index is 834. The van der Waals surface area contributed by atoms with E-state index in [2.05, 4.69) is 34.4 Å². The van der Waals surface area contributed by atoms with Crippen molar-refractivity contribution in [3.05, 3.63) is 42.1 Å². The molecule has 2 amide bonds. The lowest BCUT2D eigenvalue weighted by atomic mass is 10.2. The predicted octanol–water partition coefficient (Wildman–Crippen LogP) is 3.42. The molecule has 1 saturated heterocycles. The molecule has 2 aromatic rings. The van der Waals surface area contributed by atoms with Gasteiger partial charge in [-0.25, -0.2) is 9.78 Å². The van der Waals surface area contributed by atoms with Crippen LogP contribution in [0, 0.1) is 0 Å². The fourth-order valence-corrected chi connectivity index (χ4v) is 3.45. The molecule has 30 heavy (non-hydrogen) atoms. The summed E-state index contributed by atoms with van der Waals surface area (Å²) in [7, 11) is 1.58. The zero-order chi connectivity index (χ0) is 21.5. The number of amides is 2. The van der Waals surface area contributed by atoms with Crippen molar-refractivity contribution < 1.29 is 19.0 Å². The molecule has 8 nitrogen and oxygen atoms in total. The molecular weight excluding hydrogens is 384 g/mol. The van der Waals surface area contributed by atoms with Crippen LogP contribution < -0.4 is 25.0 Å². The third-order valence-corrected chi connectivity index (χ3v) is 4.73. The van der Waals surface area contributed by atoms with Crippen LogP contribution in [0.15, 0.2) is 36.5 Å². The summed E-state index contributed by atoms with van der Waals surface area (Å²) < 4.78 is 16.6. The first kappa shape index (κ1) is 21.7. The quantitative estimate of drug-likeness (QED) is 0.722. The SMILES string of the molecule is CCOc1cc(NC(=O)NCc2ccc(N3CC(C)OC(C)C3)nc2)ccc1OC. The summed E-state index contributed by atoms with van der Waals surface area (Å²) in [5.41, 5.74) is 1.55. The van der Waals surface area contributed by atoms with E-state index in [1.54, 1.807) is 31.5 Å². The summed E-state index contributed by atoms with van der Waals surface area (Å²) in [5, 5.41) is 5.65. The number of hydrogen-bond acceptors (Lipinski definition) is 6. The van der Waals surface area contributed by atoms with E-state index in [4.69, 9.17) is 14.2 Å². The summed E-state index contributed by atoms with van der Waals surface area (Å²) in [6.07, 6.45) is 2.16. The zero-order valence-electron chi connectivity index (χ0n) is 18.0. The summed E-state index contributed by atoms with van der Waals surface area (Å²) in [5.74, 6) is 2.13. The van der Waals surface area contributed by atoms with Gasteiger partial charge in [0, 0.05) is 37.6 Å². The highest BCUT2D eigenvalue weighted by atomic mass is 16.5. The molecule has 0 radical (unpaired) electrons. The third kappa shape index (κ3) is 5.76. The number of anilines is 2. The van der Waals surface area contributed by atoms with Gasteiger partial charge >= 0.3 is 6.03 Å². The van der Waals surface area contributed by atoms with Crippen LogP contribution in [0.5, 0.6) is 11.5 Å². The number of urea groups is 1. The number of nitrogens with one attached hydrogen (secondary N) is 2. The molecule has 2 atom stereocenters. The van der Waals surface area contributed by atoms with Crippen molar-refractivity contribution in [1.82, 2.24) is 10.3 Å². The number of rotatable bonds is 7. The molecule has 2 unspecified atom stereocenters. The molecule has 2 heterocycles. The van der Waals surface area contributed by atoms with Crippen LogP contribution in [0.1, 0.15) is 26.3 Å². The van der Waals surface area contributed by atoms with Crippen LogP contribution in [0.3, 0.4) is 0 Å². The lowest BCUT2D eigenvalue weighted by molar-refractivity contribution is -0.00546. The molecule has 1 fully saturated rings. The first-order valence-electron chi connectivity index (χ1n) is 10.2. The van der Waals surface area contributed by atoms with Gasteiger partial charge in [0.15, 0.2) is 11.5 Å². The summed E-state index contributed by atoms with van der Waals surface area (Å²) in [6, 6.07) is 8.93. The van der Waals surface area contributed by atoms with Crippen LogP contribution in [-0.2, 0) is 11.3 Å². The largest absolute Gasteiger partial charge is 0.493 e. The number of hydrogen-bond donors (Lipinski definition) is 2. The van der Waals surface area contributed by atoms with Crippen LogP contribution >= 0.6 is 0 Å². The summed E-state index contributed by atoms with van der Waals surface area (Å²) >= 11 is 0. The van der Waals surface area contributed by atoms with Gasteiger partial charge < -0.3 is 29.7 Å². The Morgan fingerprint density at radius 3 is 2.60 bits per heavy atom. The molecule has 8 heteroatoms. The lowest BCUT2D eigenvalue weighted by Crippen LogP contribution is -2.45. The van der Waals surface area contributed by atoms with Gasteiger partial charge in [0.05, 0.1) is 25.9 Å². The van der Waals surface area contributed by atoms with E-state index in [9.17, 15) is 4.79 Å². The van der Waals surface area contributed by atoms with E-state index in [1.807, 2.05) is 19.1 Å². The Morgan fingerprint density at radius 1 is 1.20 bits per heavy atom. The fraction of sp³-hybridized carbons (Fsp3) is 0.455. The molecule has 1 aliphatic heterocycles. The number of methoxy groups -OCH3 is 1. The minimum Gasteiger partial charge on any atom is -0.493 e. The first-order valence-corrected chi connectivity index (χ1v) is 10.2. The monoisotopic (exact) mass is 414 g/mol. The molecule has 0 saturated carbocycles. The molecule has 0 spiro atoms. The molecular formula is C22H30N4O4. The number of pyridine rings is 1. The first-order chi connectivity index (χ1) is 14.5. The molecule has 162 valence electrons. The van der Waals surface area contributed by atoms with Crippen LogP contribution in [0.4, 0.5) is 16.3 Å². The van der Waals surface area contributed by atoms with Crippen molar-refractivity contribution in [3.8, 4) is 11.5 Å². The number of ether oxygens (including phenoxy) is 3. The van der Waals surface area contributed by atoms with E-state index >= 15 is 0 Å². The molecule has 0 aliphatic carbocycles. The number of benzene rings is 1. The van der Waals surface area contributed by atoms with Crippen molar-refractivity contribution in [1.29, 1.82) is 0 Å². The Kier molecular flexibility index (Phi) is 7.35. The minimum atomic E-state index is -0.303. The van der Waals surface area contributed by atoms with Crippen LogP contribution in [0.2, 0.25) is 0 Å². The van der Waals surface area contributed by atoms with Gasteiger partial charge in [-0.1, -0.05) is 6.07 Å². The second kappa shape index (κ2) is 10.2.